The monoisotopic (exact) mass is 338 g/mol. The normalized spacial score (nSPS) is 23.6. The van der Waals surface area contributed by atoms with E-state index in [1.54, 1.807) is 0 Å². The lowest BCUT2D eigenvalue weighted by molar-refractivity contribution is -0.0264. The van der Waals surface area contributed by atoms with Crippen molar-refractivity contribution >= 4 is 15.9 Å². The molecule has 0 aliphatic heterocycles. The third kappa shape index (κ3) is 4.60. The van der Waals surface area contributed by atoms with Gasteiger partial charge in [0.1, 0.15) is 0 Å². The summed E-state index contributed by atoms with van der Waals surface area (Å²) in [7, 11) is 0. The van der Waals surface area contributed by atoms with E-state index in [4.69, 9.17) is 4.74 Å². The number of hydrogen-bond donors (Lipinski definition) is 0. The van der Waals surface area contributed by atoms with Crippen molar-refractivity contribution in [3.05, 3.63) is 35.4 Å². The zero-order valence-electron chi connectivity index (χ0n) is 12.9. The van der Waals surface area contributed by atoms with Crippen LogP contribution in [-0.2, 0) is 11.2 Å². The fourth-order valence-electron chi connectivity index (χ4n) is 3.00. The molecule has 0 amide bonds. The molecule has 0 heterocycles. The number of hydrogen-bond acceptors (Lipinski definition) is 1. The van der Waals surface area contributed by atoms with Crippen LogP contribution in [0.2, 0.25) is 0 Å². The Labute approximate surface area is 132 Å². The van der Waals surface area contributed by atoms with Crippen LogP contribution in [0.4, 0.5) is 0 Å². The van der Waals surface area contributed by atoms with Gasteiger partial charge in [0.05, 0.1) is 6.10 Å². The summed E-state index contributed by atoms with van der Waals surface area (Å²) in [6.45, 7) is 7.48. The second kappa shape index (κ2) is 7.61. The third-order valence-electron chi connectivity index (χ3n) is 4.12. The highest BCUT2D eigenvalue weighted by Gasteiger charge is 2.31. The van der Waals surface area contributed by atoms with Gasteiger partial charge in [0, 0.05) is 11.4 Å². The minimum Gasteiger partial charge on any atom is -0.378 e. The van der Waals surface area contributed by atoms with Crippen LogP contribution in [0.15, 0.2) is 24.3 Å². The molecule has 1 atom stereocenters. The van der Waals surface area contributed by atoms with E-state index in [9.17, 15) is 0 Å². The highest BCUT2D eigenvalue weighted by atomic mass is 79.9. The van der Waals surface area contributed by atoms with Crippen molar-refractivity contribution in [1.82, 2.24) is 0 Å². The summed E-state index contributed by atoms with van der Waals surface area (Å²) in [6, 6.07) is 9.15. The van der Waals surface area contributed by atoms with Gasteiger partial charge in [-0.3, -0.25) is 0 Å². The molecule has 1 saturated carbocycles. The smallest absolute Gasteiger partial charge is 0.0580 e. The Bertz CT molecular complexity index is 392. The molecule has 20 heavy (non-hydrogen) atoms. The SMILES string of the molecule is CCOC1CC(CC(Br)c2ccc(CC(C)C)cc2)C1. The first-order valence-electron chi connectivity index (χ1n) is 7.93. The maximum absolute atomic E-state index is 5.63. The molecule has 2 rings (SSSR count). The predicted octanol–water partition coefficient (Wildman–Crippen LogP) is 5.53. The zero-order valence-corrected chi connectivity index (χ0v) is 14.5. The maximum Gasteiger partial charge on any atom is 0.0580 e. The summed E-state index contributed by atoms with van der Waals surface area (Å²) in [5, 5.41) is 0. The minimum absolute atomic E-state index is 0.489. The van der Waals surface area contributed by atoms with Crippen LogP contribution < -0.4 is 0 Å². The Morgan fingerprint density at radius 3 is 2.40 bits per heavy atom. The molecule has 0 spiro atoms. The van der Waals surface area contributed by atoms with E-state index >= 15 is 0 Å². The molecule has 1 aliphatic carbocycles. The Balaban J connectivity index is 1.79. The maximum atomic E-state index is 5.63. The number of alkyl halides is 1. The van der Waals surface area contributed by atoms with Crippen molar-refractivity contribution < 1.29 is 4.74 Å². The molecule has 0 bridgehead atoms. The Morgan fingerprint density at radius 2 is 1.85 bits per heavy atom. The van der Waals surface area contributed by atoms with E-state index in [-0.39, 0.29) is 0 Å². The van der Waals surface area contributed by atoms with Crippen molar-refractivity contribution in [3.63, 3.8) is 0 Å². The first-order chi connectivity index (χ1) is 9.58. The van der Waals surface area contributed by atoms with E-state index in [1.165, 1.54) is 36.8 Å². The molecule has 1 nitrogen and oxygen atoms in total. The van der Waals surface area contributed by atoms with E-state index in [2.05, 4.69) is 61.0 Å². The molecule has 0 aromatic heterocycles. The first-order valence-corrected chi connectivity index (χ1v) is 8.84. The number of rotatable bonds is 7. The summed E-state index contributed by atoms with van der Waals surface area (Å²) < 4.78 is 5.63. The molecular formula is C18H27BrO. The van der Waals surface area contributed by atoms with Gasteiger partial charge < -0.3 is 4.74 Å². The van der Waals surface area contributed by atoms with Gasteiger partial charge in [-0.25, -0.2) is 0 Å². The van der Waals surface area contributed by atoms with E-state index in [0.717, 1.165) is 18.4 Å². The predicted molar refractivity (Wildman–Crippen MR) is 89.4 cm³/mol. The van der Waals surface area contributed by atoms with Gasteiger partial charge in [0.25, 0.3) is 0 Å². The fourth-order valence-corrected chi connectivity index (χ4v) is 3.84. The highest BCUT2D eigenvalue weighted by molar-refractivity contribution is 9.09. The Hall–Kier alpha value is -0.340. The lowest BCUT2D eigenvalue weighted by Crippen LogP contribution is -2.31. The largest absolute Gasteiger partial charge is 0.378 e. The molecule has 1 aromatic carbocycles. The van der Waals surface area contributed by atoms with Crippen LogP contribution in [-0.4, -0.2) is 12.7 Å². The molecule has 1 unspecified atom stereocenters. The average molecular weight is 339 g/mol. The van der Waals surface area contributed by atoms with Crippen LogP contribution in [0, 0.1) is 11.8 Å². The summed E-state index contributed by atoms with van der Waals surface area (Å²) in [4.78, 5) is 0.489. The van der Waals surface area contributed by atoms with Gasteiger partial charge in [-0.05, 0) is 55.6 Å². The highest BCUT2D eigenvalue weighted by Crippen LogP contribution is 2.40. The van der Waals surface area contributed by atoms with Gasteiger partial charge in [0.2, 0.25) is 0 Å². The third-order valence-corrected chi connectivity index (χ3v) is 5.02. The number of benzene rings is 1. The van der Waals surface area contributed by atoms with Crippen LogP contribution in [0.25, 0.3) is 0 Å². The van der Waals surface area contributed by atoms with Gasteiger partial charge >= 0.3 is 0 Å². The summed E-state index contributed by atoms with van der Waals surface area (Å²) in [5.74, 6) is 1.55. The average Bonchev–Trinajstić information content (AvgIpc) is 2.36. The van der Waals surface area contributed by atoms with Crippen LogP contribution in [0.1, 0.15) is 56.0 Å². The van der Waals surface area contributed by atoms with Crippen molar-refractivity contribution in [2.75, 3.05) is 6.61 Å². The van der Waals surface area contributed by atoms with E-state index in [0.29, 0.717) is 10.9 Å². The van der Waals surface area contributed by atoms with Gasteiger partial charge in [-0.15, -0.1) is 0 Å². The Kier molecular flexibility index (Phi) is 6.10. The quantitative estimate of drug-likeness (QED) is 0.594. The molecular weight excluding hydrogens is 312 g/mol. The van der Waals surface area contributed by atoms with Crippen molar-refractivity contribution in [2.24, 2.45) is 11.8 Å². The second-order valence-corrected chi connectivity index (χ2v) is 7.56. The molecule has 1 aliphatic rings. The van der Waals surface area contributed by atoms with Crippen LogP contribution in [0.3, 0.4) is 0 Å². The fraction of sp³-hybridized carbons (Fsp3) is 0.667. The van der Waals surface area contributed by atoms with Gasteiger partial charge in [0.15, 0.2) is 0 Å². The van der Waals surface area contributed by atoms with E-state index < -0.39 is 0 Å². The van der Waals surface area contributed by atoms with Crippen LogP contribution in [0.5, 0.6) is 0 Å². The summed E-state index contributed by atoms with van der Waals surface area (Å²) >= 11 is 3.85. The summed E-state index contributed by atoms with van der Waals surface area (Å²) in [5.41, 5.74) is 2.86. The van der Waals surface area contributed by atoms with Gasteiger partial charge in [-0.2, -0.15) is 0 Å². The lowest BCUT2D eigenvalue weighted by Gasteiger charge is -2.36. The second-order valence-electron chi connectivity index (χ2n) is 6.46. The molecule has 0 radical (unpaired) electrons. The van der Waals surface area contributed by atoms with Crippen molar-refractivity contribution in [3.8, 4) is 0 Å². The van der Waals surface area contributed by atoms with Crippen molar-refractivity contribution in [1.29, 1.82) is 0 Å². The van der Waals surface area contributed by atoms with Crippen LogP contribution >= 0.6 is 15.9 Å². The number of halogens is 1. The minimum atomic E-state index is 0.489. The molecule has 1 fully saturated rings. The molecule has 2 heteroatoms. The zero-order chi connectivity index (χ0) is 14.5. The molecule has 1 aromatic rings. The van der Waals surface area contributed by atoms with Gasteiger partial charge in [-0.1, -0.05) is 54.0 Å². The molecule has 0 saturated heterocycles. The summed E-state index contributed by atoms with van der Waals surface area (Å²) in [6.07, 6.45) is 5.40. The van der Waals surface area contributed by atoms with E-state index in [1.807, 2.05) is 0 Å². The van der Waals surface area contributed by atoms with Crippen molar-refractivity contribution in [2.45, 2.75) is 57.4 Å². The molecule has 0 N–H and O–H groups in total. The lowest BCUT2D eigenvalue weighted by atomic mass is 9.78. The number of ether oxygens (including phenoxy) is 1. The standard InChI is InChI=1S/C18H27BrO/c1-4-20-17-10-15(11-17)12-18(19)16-7-5-14(6-8-16)9-13(2)3/h5-8,13,15,17-18H,4,9-12H2,1-3H3. The Morgan fingerprint density at radius 1 is 1.20 bits per heavy atom. The first kappa shape index (κ1) is 16.0. The topological polar surface area (TPSA) is 9.23 Å². The molecule has 112 valence electrons.